The Morgan fingerprint density at radius 2 is 2.10 bits per heavy atom. The van der Waals surface area contributed by atoms with E-state index in [1.807, 2.05) is 19.9 Å². The molecule has 1 aromatic rings. The molecule has 1 rings (SSSR count). The lowest BCUT2D eigenvalue weighted by Crippen LogP contribution is -2.29. The highest BCUT2D eigenvalue weighted by Crippen LogP contribution is 2.20. The first-order valence-corrected chi connectivity index (χ1v) is 6.46. The summed E-state index contributed by atoms with van der Waals surface area (Å²) >= 11 is 0. The number of pyridine rings is 1. The quantitative estimate of drug-likeness (QED) is 0.413. The van der Waals surface area contributed by atoms with Crippen LogP contribution in [0.2, 0.25) is 0 Å². The summed E-state index contributed by atoms with van der Waals surface area (Å²) in [7, 11) is 0. The van der Waals surface area contributed by atoms with E-state index < -0.39 is 13.0 Å². The van der Waals surface area contributed by atoms with Crippen molar-refractivity contribution in [3.05, 3.63) is 24.0 Å². The van der Waals surface area contributed by atoms with Crippen molar-refractivity contribution in [1.29, 1.82) is 0 Å². The lowest BCUT2D eigenvalue weighted by molar-refractivity contribution is 0.0143. The van der Waals surface area contributed by atoms with Crippen LogP contribution in [0.25, 0.3) is 0 Å². The second-order valence-electron chi connectivity index (χ2n) is 4.59. The predicted octanol–water partition coefficient (Wildman–Crippen LogP) is 2.04. The molecule has 1 heterocycles. The van der Waals surface area contributed by atoms with Crippen LogP contribution in [0.4, 0.5) is 8.78 Å². The van der Waals surface area contributed by atoms with E-state index in [9.17, 15) is 8.78 Å². The average molecular weight is 289 g/mol. The molecule has 1 aromatic heterocycles. The molecule has 5 nitrogen and oxygen atoms in total. The van der Waals surface area contributed by atoms with Crippen molar-refractivity contribution in [2.24, 2.45) is 5.84 Å². The molecule has 0 saturated heterocycles. The number of rotatable bonds is 9. The van der Waals surface area contributed by atoms with Crippen LogP contribution in [0, 0.1) is 0 Å². The molecule has 0 fully saturated rings. The number of hydrogen-bond acceptors (Lipinski definition) is 5. The fourth-order valence-electron chi connectivity index (χ4n) is 1.68. The molecule has 1 unspecified atom stereocenters. The first-order chi connectivity index (χ1) is 9.52. The zero-order chi connectivity index (χ0) is 15.0. The van der Waals surface area contributed by atoms with Gasteiger partial charge in [0.05, 0.1) is 12.3 Å². The van der Waals surface area contributed by atoms with E-state index in [2.05, 4.69) is 10.4 Å². The number of nitrogens with one attached hydrogen (secondary N) is 1. The average Bonchev–Trinajstić information content (AvgIpc) is 2.38. The van der Waals surface area contributed by atoms with Crippen LogP contribution < -0.4 is 16.0 Å². The van der Waals surface area contributed by atoms with Crippen LogP contribution >= 0.6 is 0 Å². The van der Waals surface area contributed by atoms with Gasteiger partial charge in [-0.25, -0.2) is 8.78 Å². The normalized spacial score (nSPS) is 12.9. The van der Waals surface area contributed by atoms with Gasteiger partial charge in [-0.3, -0.25) is 16.3 Å². The van der Waals surface area contributed by atoms with E-state index in [1.54, 1.807) is 12.4 Å². The molecular weight excluding hydrogens is 268 g/mol. The standard InChI is InChI=1S/C13H21F2N3O2/c1-9(2)20-11-5-10(6-17-7-11)12(18-16)3-4-19-8-13(14)15/h5-7,9,12-13,18H,3-4,8,16H2,1-2H3. The highest BCUT2D eigenvalue weighted by Gasteiger charge is 2.12. The van der Waals surface area contributed by atoms with E-state index in [0.717, 1.165) is 5.56 Å². The largest absolute Gasteiger partial charge is 0.489 e. The number of nitrogens with two attached hydrogens (primary N) is 1. The van der Waals surface area contributed by atoms with E-state index in [1.165, 1.54) is 0 Å². The zero-order valence-electron chi connectivity index (χ0n) is 11.7. The Morgan fingerprint density at radius 1 is 1.35 bits per heavy atom. The first-order valence-electron chi connectivity index (χ1n) is 6.46. The second kappa shape index (κ2) is 8.78. The zero-order valence-corrected chi connectivity index (χ0v) is 11.7. The van der Waals surface area contributed by atoms with E-state index in [4.69, 9.17) is 15.3 Å². The smallest absolute Gasteiger partial charge is 0.261 e. The molecule has 0 aromatic carbocycles. The predicted molar refractivity (Wildman–Crippen MR) is 71.5 cm³/mol. The summed E-state index contributed by atoms with van der Waals surface area (Å²) in [5.74, 6) is 6.12. The van der Waals surface area contributed by atoms with Crippen molar-refractivity contribution in [2.45, 2.75) is 38.8 Å². The molecule has 1 atom stereocenters. The summed E-state index contributed by atoms with van der Waals surface area (Å²) in [6.07, 6.45) is 1.33. The molecule has 0 radical (unpaired) electrons. The third-order valence-corrected chi connectivity index (χ3v) is 2.50. The van der Waals surface area contributed by atoms with E-state index in [0.29, 0.717) is 12.2 Å². The maximum Gasteiger partial charge on any atom is 0.261 e. The van der Waals surface area contributed by atoms with E-state index in [-0.39, 0.29) is 18.8 Å². The summed E-state index contributed by atoms with van der Waals surface area (Å²) < 4.78 is 34.3. The van der Waals surface area contributed by atoms with Crippen molar-refractivity contribution < 1.29 is 18.3 Å². The van der Waals surface area contributed by atoms with Crippen LogP contribution in [0.15, 0.2) is 18.5 Å². The van der Waals surface area contributed by atoms with Crippen LogP contribution in [-0.4, -0.2) is 30.7 Å². The molecule has 0 amide bonds. The van der Waals surface area contributed by atoms with Gasteiger partial charge in [0.1, 0.15) is 12.4 Å². The fourth-order valence-corrected chi connectivity index (χ4v) is 1.68. The fraction of sp³-hybridized carbons (Fsp3) is 0.615. The Hall–Kier alpha value is -1.31. The SMILES string of the molecule is CC(C)Oc1cncc(C(CCOCC(F)F)NN)c1. The minimum Gasteiger partial charge on any atom is -0.489 e. The van der Waals surface area contributed by atoms with Crippen molar-refractivity contribution in [2.75, 3.05) is 13.2 Å². The molecule has 20 heavy (non-hydrogen) atoms. The van der Waals surface area contributed by atoms with Gasteiger partial charge in [-0.1, -0.05) is 0 Å². The molecule has 0 bridgehead atoms. The molecule has 114 valence electrons. The van der Waals surface area contributed by atoms with Gasteiger partial charge >= 0.3 is 0 Å². The van der Waals surface area contributed by atoms with Gasteiger partial charge in [-0.2, -0.15) is 0 Å². The van der Waals surface area contributed by atoms with Gasteiger partial charge in [0, 0.05) is 18.8 Å². The molecule has 0 saturated carbocycles. The topological polar surface area (TPSA) is 69.4 Å². The summed E-state index contributed by atoms with van der Waals surface area (Å²) in [4.78, 5) is 4.08. The van der Waals surface area contributed by atoms with Gasteiger partial charge < -0.3 is 9.47 Å². The number of alkyl halides is 2. The number of nitrogens with zero attached hydrogens (tertiary/aromatic N) is 1. The number of hydrogen-bond donors (Lipinski definition) is 2. The number of aromatic nitrogens is 1. The first kappa shape index (κ1) is 16.7. The molecule has 0 aliphatic rings. The third kappa shape index (κ3) is 6.23. The molecule has 7 heteroatoms. The van der Waals surface area contributed by atoms with Crippen LogP contribution in [0.1, 0.15) is 31.9 Å². The van der Waals surface area contributed by atoms with Crippen molar-refractivity contribution in [3.8, 4) is 5.75 Å². The molecule has 3 N–H and O–H groups in total. The van der Waals surface area contributed by atoms with Crippen LogP contribution in [0.5, 0.6) is 5.75 Å². The van der Waals surface area contributed by atoms with Crippen LogP contribution in [0.3, 0.4) is 0 Å². The van der Waals surface area contributed by atoms with Crippen molar-refractivity contribution >= 4 is 0 Å². The molecule has 0 spiro atoms. The lowest BCUT2D eigenvalue weighted by Gasteiger charge is -2.17. The Morgan fingerprint density at radius 3 is 2.70 bits per heavy atom. The lowest BCUT2D eigenvalue weighted by atomic mass is 10.1. The minimum absolute atomic E-state index is 0.0470. The monoisotopic (exact) mass is 289 g/mol. The Balaban J connectivity index is 2.55. The highest BCUT2D eigenvalue weighted by molar-refractivity contribution is 5.26. The van der Waals surface area contributed by atoms with Gasteiger partial charge in [0.25, 0.3) is 6.43 Å². The maximum absolute atomic E-state index is 11.9. The van der Waals surface area contributed by atoms with Crippen LogP contribution in [-0.2, 0) is 4.74 Å². The van der Waals surface area contributed by atoms with Gasteiger partial charge in [-0.05, 0) is 31.9 Å². The maximum atomic E-state index is 11.9. The van der Waals surface area contributed by atoms with Gasteiger partial charge in [0.15, 0.2) is 0 Å². The summed E-state index contributed by atoms with van der Waals surface area (Å²) in [6.45, 7) is 3.47. The van der Waals surface area contributed by atoms with Gasteiger partial charge in [0.2, 0.25) is 0 Å². The summed E-state index contributed by atoms with van der Waals surface area (Å²) in [5.41, 5.74) is 3.45. The minimum atomic E-state index is -2.45. The molecule has 0 aliphatic heterocycles. The van der Waals surface area contributed by atoms with Crippen molar-refractivity contribution in [1.82, 2.24) is 10.4 Å². The highest BCUT2D eigenvalue weighted by atomic mass is 19.3. The summed E-state index contributed by atoms with van der Waals surface area (Å²) in [5, 5.41) is 0. The Kier molecular flexibility index (Phi) is 7.35. The van der Waals surface area contributed by atoms with Crippen molar-refractivity contribution in [3.63, 3.8) is 0 Å². The number of ether oxygens (including phenoxy) is 2. The van der Waals surface area contributed by atoms with Gasteiger partial charge in [-0.15, -0.1) is 0 Å². The summed E-state index contributed by atoms with van der Waals surface area (Å²) in [6, 6.07) is 1.60. The molecular formula is C13H21F2N3O2. The van der Waals surface area contributed by atoms with E-state index >= 15 is 0 Å². The Bertz CT molecular complexity index is 392. The number of halogens is 2. The molecule has 0 aliphatic carbocycles. The Labute approximate surface area is 117 Å². The number of hydrazine groups is 1. The third-order valence-electron chi connectivity index (χ3n) is 2.50. The second-order valence-corrected chi connectivity index (χ2v) is 4.59.